The van der Waals surface area contributed by atoms with Gasteiger partial charge in [-0.15, -0.1) is 0 Å². The molecule has 0 aliphatic heterocycles. The van der Waals surface area contributed by atoms with Gasteiger partial charge < -0.3 is 15.0 Å². The molecule has 2 N–H and O–H groups in total. The number of ether oxygens (including phenoxy) is 1. The molecule has 6 nitrogen and oxygen atoms in total. The van der Waals surface area contributed by atoms with E-state index in [0.717, 1.165) is 0 Å². The van der Waals surface area contributed by atoms with Crippen LogP contribution in [0.25, 0.3) is 0 Å². The predicted molar refractivity (Wildman–Crippen MR) is 78.4 cm³/mol. The molecule has 1 heterocycles. The third-order valence-electron chi connectivity index (χ3n) is 3.08. The van der Waals surface area contributed by atoms with Gasteiger partial charge in [-0.1, -0.05) is 0 Å². The van der Waals surface area contributed by atoms with E-state index in [4.69, 9.17) is 4.74 Å². The van der Waals surface area contributed by atoms with E-state index < -0.39 is 12.1 Å². The molecule has 0 saturated carbocycles. The van der Waals surface area contributed by atoms with Crippen LogP contribution in [0.3, 0.4) is 0 Å². The molecule has 116 valence electrons. The molecule has 1 aromatic rings. The van der Waals surface area contributed by atoms with E-state index in [-0.39, 0.29) is 23.4 Å². The van der Waals surface area contributed by atoms with Crippen molar-refractivity contribution in [2.24, 2.45) is 0 Å². The largest absolute Gasteiger partial charge is 0.448 e. The minimum Gasteiger partial charge on any atom is -0.448 e. The van der Waals surface area contributed by atoms with Crippen LogP contribution in [0, 0.1) is 13.8 Å². The number of aryl methyl sites for hydroxylation is 1. The van der Waals surface area contributed by atoms with Gasteiger partial charge in [-0.3, -0.25) is 9.59 Å². The van der Waals surface area contributed by atoms with Crippen molar-refractivity contribution < 1.29 is 19.1 Å². The highest BCUT2D eigenvalue weighted by atomic mass is 16.5. The number of carbonyl (C=O) groups excluding carboxylic acids is 3. The molecule has 0 fully saturated rings. The van der Waals surface area contributed by atoms with Crippen molar-refractivity contribution in [3.8, 4) is 0 Å². The molecule has 0 saturated heterocycles. The smallest absolute Gasteiger partial charge is 0.355 e. The SMILES string of the molecule is CC(=O)c1c(C)[nH]c(C(=O)O[C@H](C)C(=O)NC(C)C)c1C. The van der Waals surface area contributed by atoms with Crippen LogP contribution < -0.4 is 5.32 Å². The first-order valence-corrected chi connectivity index (χ1v) is 6.86. The summed E-state index contributed by atoms with van der Waals surface area (Å²) in [4.78, 5) is 38.2. The maximum atomic E-state index is 12.1. The van der Waals surface area contributed by atoms with Crippen molar-refractivity contribution in [1.29, 1.82) is 0 Å². The molecule has 0 aromatic carbocycles. The van der Waals surface area contributed by atoms with Gasteiger partial charge in [0.25, 0.3) is 5.91 Å². The number of ketones is 1. The lowest BCUT2D eigenvalue weighted by molar-refractivity contribution is -0.129. The quantitative estimate of drug-likeness (QED) is 0.641. The average Bonchev–Trinajstić information content (AvgIpc) is 2.63. The normalized spacial score (nSPS) is 12.1. The number of Topliss-reactive ketones (excluding diaryl/α,β-unsaturated/α-hetero) is 1. The maximum absolute atomic E-state index is 12.1. The third kappa shape index (κ3) is 3.93. The number of esters is 1. The zero-order valence-electron chi connectivity index (χ0n) is 13.3. The van der Waals surface area contributed by atoms with E-state index in [0.29, 0.717) is 16.8 Å². The highest BCUT2D eigenvalue weighted by Gasteiger charge is 2.24. The fourth-order valence-electron chi connectivity index (χ4n) is 2.16. The molecular weight excluding hydrogens is 272 g/mol. The fourth-order valence-corrected chi connectivity index (χ4v) is 2.16. The Bertz CT molecular complexity index is 572. The Morgan fingerprint density at radius 2 is 1.71 bits per heavy atom. The monoisotopic (exact) mass is 294 g/mol. The molecule has 6 heteroatoms. The summed E-state index contributed by atoms with van der Waals surface area (Å²) in [5, 5.41) is 2.67. The summed E-state index contributed by atoms with van der Waals surface area (Å²) in [7, 11) is 0. The minimum absolute atomic E-state index is 0.0302. The first-order chi connectivity index (χ1) is 9.65. The topological polar surface area (TPSA) is 88.3 Å². The molecule has 0 bridgehead atoms. The number of nitrogens with one attached hydrogen (secondary N) is 2. The summed E-state index contributed by atoms with van der Waals surface area (Å²) in [6.45, 7) is 9.99. The average molecular weight is 294 g/mol. The molecule has 1 atom stereocenters. The van der Waals surface area contributed by atoms with Crippen LogP contribution in [0.15, 0.2) is 0 Å². The van der Waals surface area contributed by atoms with E-state index in [1.807, 2.05) is 13.8 Å². The van der Waals surface area contributed by atoms with Gasteiger partial charge in [0.15, 0.2) is 11.9 Å². The number of amides is 1. The Labute approximate surface area is 124 Å². The number of aromatic nitrogens is 1. The predicted octanol–water partition coefficient (Wildman–Crippen LogP) is 1.90. The Kier molecular flexibility index (Phi) is 5.29. The van der Waals surface area contributed by atoms with Gasteiger partial charge >= 0.3 is 5.97 Å². The molecule has 1 aromatic heterocycles. The van der Waals surface area contributed by atoms with E-state index in [1.54, 1.807) is 13.8 Å². The van der Waals surface area contributed by atoms with Crippen LogP contribution >= 0.6 is 0 Å². The second kappa shape index (κ2) is 6.56. The Morgan fingerprint density at radius 3 is 2.14 bits per heavy atom. The zero-order valence-corrected chi connectivity index (χ0v) is 13.3. The summed E-state index contributed by atoms with van der Waals surface area (Å²) in [5.74, 6) is -1.12. The number of hydrogen-bond donors (Lipinski definition) is 2. The second-order valence-electron chi connectivity index (χ2n) is 5.39. The first kappa shape index (κ1) is 16.9. The summed E-state index contributed by atoms with van der Waals surface area (Å²) < 4.78 is 5.13. The van der Waals surface area contributed by atoms with Crippen LogP contribution in [-0.4, -0.2) is 34.8 Å². The Balaban J connectivity index is 2.88. The summed E-state index contributed by atoms with van der Waals surface area (Å²) in [6.07, 6.45) is -0.899. The molecule has 21 heavy (non-hydrogen) atoms. The standard InChI is InChI=1S/C15H22N2O4/c1-7(2)16-14(19)11(6)21-15(20)13-8(3)12(10(5)18)9(4)17-13/h7,11,17H,1-6H3,(H,16,19)/t11-/m1/s1. The van der Waals surface area contributed by atoms with Crippen LogP contribution in [0.2, 0.25) is 0 Å². The Morgan fingerprint density at radius 1 is 1.14 bits per heavy atom. The molecule has 0 radical (unpaired) electrons. The van der Waals surface area contributed by atoms with E-state index in [9.17, 15) is 14.4 Å². The molecule has 1 rings (SSSR count). The number of aromatic amines is 1. The number of hydrogen-bond acceptors (Lipinski definition) is 4. The van der Waals surface area contributed by atoms with Crippen molar-refractivity contribution >= 4 is 17.7 Å². The molecule has 0 aliphatic rings. The van der Waals surface area contributed by atoms with E-state index >= 15 is 0 Å². The van der Waals surface area contributed by atoms with Crippen LogP contribution in [-0.2, 0) is 9.53 Å². The first-order valence-electron chi connectivity index (χ1n) is 6.86. The fraction of sp³-hybridized carbons (Fsp3) is 0.533. The highest BCUT2D eigenvalue weighted by molar-refractivity contribution is 6.01. The van der Waals surface area contributed by atoms with E-state index in [2.05, 4.69) is 10.3 Å². The summed E-state index contributed by atoms with van der Waals surface area (Å²) >= 11 is 0. The van der Waals surface area contributed by atoms with Gasteiger partial charge in [0.1, 0.15) is 5.69 Å². The summed E-state index contributed by atoms with van der Waals surface area (Å²) in [5.41, 5.74) is 1.86. The van der Waals surface area contributed by atoms with Gasteiger partial charge in [-0.25, -0.2) is 4.79 Å². The lowest BCUT2D eigenvalue weighted by Gasteiger charge is -2.15. The zero-order chi connectivity index (χ0) is 16.3. The van der Waals surface area contributed by atoms with Crippen molar-refractivity contribution in [2.45, 2.75) is 53.7 Å². The van der Waals surface area contributed by atoms with Crippen molar-refractivity contribution in [1.82, 2.24) is 10.3 Å². The third-order valence-corrected chi connectivity index (χ3v) is 3.08. The van der Waals surface area contributed by atoms with Crippen LogP contribution in [0.5, 0.6) is 0 Å². The molecule has 0 unspecified atom stereocenters. The molecule has 0 aliphatic carbocycles. The van der Waals surface area contributed by atoms with Crippen LogP contribution in [0.1, 0.15) is 59.8 Å². The van der Waals surface area contributed by atoms with E-state index in [1.165, 1.54) is 13.8 Å². The van der Waals surface area contributed by atoms with Crippen LogP contribution in [0.4, 0.5) is 0 Å². The van der Waals surface area contributed by atoms with Gasteiger partial charge in [0, 0.05) is 17.3 Å². The molecule has 0 spiro atoms. The molecular formula is C15H22N2O4. The van der Waals surface area contributed by atoms with Crippen molar-refractivity contribution in [3.05, 3.63) is 22.5 Å². The van der Waals surface area contributed by atoms with Gasteiger partial charge in [0.2, 0.25) is 0 Å². The van der Waals surface area contributed by atoms with Gasteiger partial charge in [-0.05, 0) is 47.1 Å². The van der Waals surface area contributed by atoms with Crippen molar-refractivity contribution in [2.75, 3.05) is 0 Å². The summed E-state index contributed by atoms with van der Waals surface area (Å²) in [6, 6.07) is -0.0302. The second-order valence-corrected chi connectivity index (χ2v) is 5.39. The lowest BCUT2D eigenvalue weighted by Crippen LogP contribution is -2.39. The highest BCUT2D eigenvalue weighted by Crippen LogP contribution is 2.19. The number of H-pyrrole nitrogens is 1. The van der Waals surface area contributed by atoms with Gasteiger partial charge in [0.05, 0.1) is 0 Å². The lowest BCUT2D eigenvalue weighted by atomic mass is 10.1. The minimum atomic E-state index is -0.899. The number of carbonyl (C=O) groups is 3. The van der Waals surface area contributed by atoms with Crippen molar-refractivity contribution in [3.63, 3.8) is 0 Å². The van der Waals surface area contributed by atoms with Gasteiger partial charge in [-0.2, -0.15) is 0 Å². The molecule has 1 amide bonds. The maximum Gasteiger partial charge on any atom is 0.355 e. The number of rotatable bonds is 5. The Hall–Kier alpha value is -2.11.